The number of imide groups is 1. The number of aryl methyl sites for hydroxylation is 2. The standard InChI is InChI=1S/C18H24N4O3S/c1-11-6-4-5-9-18(11)15(24)22(17(25)21-18)10-14(23)20-16-19-12-7-2-3-8-13(12)26-16/h11H,2-10H2,1H3,(H,21,25)(H,19,20,23). The molecule has 0 radical (unpaired) electrons. The van der Waals surface area contributed by atoms with E-state index in [4.69, 9.17) is 0 Å². The summed E-state index contributed by atoms with van der Waals surface area (Å²) in [7, 11) is 0. The van der Waals surface area contributed by atoms with Gasteiger partial charge in [-0.1, -0.05) is 19.8 Å². The first kappa shape index (κ1) is 17.5. The van der Waals surface area contributed by atoms with Gasteiger partial charge in [0, 0.05) is 4.88 Å². The minimum atomic E-state index is -0.824. The second-order valence-electron chi connectivity index (χ2n) is 7.58. The third kappa shape index (κ3) is 2.90. The van der Waals surface area contributed by atoms with Gasteiger partial charge in [-0.2, -0.15) is 0 Å². The molecule has 1 aromatic heterocycles. The van der Waals surface area contributed by atoms with Crippen LogP contribution in [0.2, 0.25) is 0 Å². The Morgan fingerprint density at radius 2 is 2.12 bits per heavy atom. The second kappa shape index (κ2) is 6.64. The number of rotatable bonds is 3. The molecule has 2 heterocycles. The molecule has 0 aromatic carbocycles. The van der Waals surface area contributed by atoms with E-state index in [-0.39, 0.29) is 24.3 Å². The lowest BCUT2D eigenvalue weighted by Crippen LogP contribution is -2.54. The van der Waals surface area contributed by atoms with E-state index in [1.165, 1.54) is 16.2 Å². The van der Waals surface area contributed by atoms with Crippen LogP contribution in [0, 0.1) is 5.92 Å². The summed E-state index contributed by atoms with van der Waals surface area (Å²) in [6.45, 7) is 1.74. The third-order valence-corrected chi connectivity index (χ3v) is 6.97. The molecule has 140 valence electrons. The predicted molar refractivity (Wildman–Crippen MR) is 98.0 cm³/mol. The normalized spacial score (nSPS) is 28.2. The quantitative estimate of drug-likeness (QED) is 0.793. The lowest BCUT2D eigenvalue weighted by atomic mass is 9.73. The molecule has 1 aromatic rings. The fourth-order valence-electron chi connectivity index (χ4n) is 4.35. The summed E-state index contributed by atoms with van der Waals surface area (Å²) in [6.07, 6.45) is 7.80. The summed E-state index contributed by atoms with van der Waals surface area (Å²) in [5.74, 6) is -0.546. The van der Waals surface area contributed by atoms with E-state index in [1.807, 2.05) is 6.92 Å². The number of carbonyl (C=O) groups is 3. The molecule has 1 saturated heterocycles. The van der Waals surface area contributed by atoms with E-state index < -0.39 is 11.6 Å². The number of nitrogens with zero attached hydrogens (tertiary/aromatic N) is 2. The van der Waals surface area contributed by atoms with Crippen molar-refractivity contribution in [3.05, 3.63) is 10.6 Å². The molecule has 2 aliphatic carbocycles. The van der Waals surface area contributed by atoms with E-state index in [0.717, 1.165) is 55.5 Å². The predicted octanol–water partition coefficient (Wildman–Crippen LogP) is 2.46. The van der Waals surface area contributed by atoms with Crippen molar-refractivity contribution in [1.29, 1.82) is 0 Å². The topological polar surface area (TPSA) is 91.4 Å². The maximum Gasteiger partial charge on any atom is 0.325 e. The minimum Gasteiger partial charge on any atom is -0.323 e. The van der Waals surface area contributed by atoms with Gasteiger partial charge >= 0.3 is 6.03 Å². The molecular formula is C18H24N4O3S. The van der Waals surface area contributed by atoms with Crippen LogP contribution >= 0.6 is 11.3 Å². The van der Waals surface area contributed by atoms with Crippen molar-refractivity contribution in [1.82, 2.24) is 15.2 Å². The first-order valence-corrected chi connectivity index (χ1v) is 10.2. The van der Waals surface area contributed by atoms with Gasteiger partial charge in [-0.25, -0.2) is 9.78 Å². The van der Waals surface area contributed by atoms with Gasteiger partial charge in [-0.15, -0.1) is 11.3 Å². The first-order valence-electron chi connectivity index (χ1n) is 9.42. The van der Waals surface area contributed by atoms with E-state index in [2.05, 4.69) is 15.6 Å². The number of thiazole rings is 1. The molecule has 0 bridgehead atoms. The summed E-state index contributed by atoms with van der Waals surface area (Å²) in [5.41, 5.74) is 0.247. The number of amides is 4. The Morgan fingerprint density at radius 1 is 1.31 bits per heavy atom. The van der Waals surface area contributed by atoms with Crippen LogP contribution in [0.15, 0.2) is 0 Å². The zero-order valence-electron chi connectivity index (χ0n) is 15.0. The summed E-state index contributed by atoms with van der Waals surface area (Å²) in [5, 5.41) is 6.20. The molecule has 2 fully saturated rings. The number of aromatic nitrogens is 1. The lowest BCUT2D eigenvalue weighted by molar-refractivity contribution is -0.136. The van der Waals surface area contributed by atoms with Gasteiger partial charge in [-0.3, -0.25) is 14.5 Å². The molecule has 2 N–H and O–H groups in total. The van der Waals surface area contributed by atoms with E-state index >= 15 is 0 Å². The first-order chi connectivity index (χ1) is 12.5. The summed E-state index contributed by atoms with van der Waals surface area (Å²) in [4.78, 5) is 44.4. The van der Waals surface area contributed by atoms with E-state index in [9.17, 15) is 14.4 Å². The van der Waals surface area contributed by atoms with Gasteiger partial charge < -0.3 is 10.6 Å². The van der Waals surface area contributed by atoms with E-state index in [1.54, 1.807) is 0 Å². The van der Waals surface area contributed by atoms with Crippen LogP contribution in [0.5, 0.6) is 0 Å². The molecule has 2 unspecified atom stereocenters. The largest absolute Gasteiger partial charge is 0.325 e. The molecule has 1 saturated carbocycles. The Balaban J connectivity index is 1.43. The zero-order chi connectivity index (χ0) is 18.3. The number of nitrogens with one attached hydrogen (secondary N) is 2. The van der Waals surface area contributed by atoms with Crippen molar-refractivity contribution < 1.29 is 14.4 Å². The Kier molecular flexibility index (Phi) is 4.46. The molecule has 4 amide bonds. The molecule has 1 aliphatic heterocycles. The van der Waals surface area contributed by atoms with Gasteiger partial charge in [0.25, 0.3) is 5.91 Å². The smallest absolute Gasteiger partial charge is 0.323 e. The highest BCUT2D eigenvalue weighted by Crippen LogP contribution is 2.38. The average molecular weight is 376 g/mol. The van der Waals surface area contributed by atoms with Crippen molar-refractivity contribution in [3.63, 3.8) is 0 Å². The third-order valence-electron chi connectivity index (χ3n) is 5.90. The lowest BCUT2D eigenvalue weighted by Gasteiger charge is -2.36. The number of hydrogen-bond donors (Lipinski definition) is 2. The van der Waals surface area contributed by atoms with Gasteiger partial charge in [0.1, 0.15) is 12.1 Å². The monoisotopic (exact) mass is 376 g/mol. The van der Waals surface area contributed by atoms with Crippen molar-refractivity contribution >= 4 is 34.3 Å². The van der Waals surface area contributed by atoms with Crippen LogP contribution in [0.1, 0.15) is 56.0 Å². The van der Waals surface area contributed by atoms with Crippen molar-refractivity contribution in [3.8, 4) is 0 Å². The van der Waals surface area contributed by atoms with Gasteiger partial charge in [-0.05, 0) is 44.4 Å². The summed E-state index contributed by atoms with van der Waals surface area (Å²) < 4.78 is 0. The number of anilines is 1. The molecular weight excluding hydrogens is 352 g/mol. The molecule has 8 heteroatoms. The summed E-state index contributed by atoms with van der Waals surface area (Å²) in [6, 6.07) is -0.461. The fraction of sp³-hybridized carbons (Fsp3) is 0.667. The number of hydrogen-bond acceptors (Lipinski definition) is 5. The van der Waals surface area contributed by atoms with Crippen LogP contribution in [-0.2, 0) is 22.4 Å². The minimum absolute atomic E-state index is 0.0893. The Labute approximate surface area is 156 Å². The van der Waals surface area contributed by atoms with Gasteiger partial charge in [0.15, 0.2) is 5.13 Å². The van der Waals surface area contributed by atoms with Gasteiger partial charge in [0.05, 0.1) is 5.69 Å². The van der Waals surface area contributed by atoms with Crippen molar-refractivity contribution in [2.75, 3.05) is 11.9 Å². The van der Waals surface area contributed by atoms with Crippen LogP contribution in [0.3, 0.4) is 0 Å². The highest BCUT2D eigenvalue weighted by molar-refractivity contribution is 7.15. The number of carbonyl (C=O) groups excluding carboxylic acids is 3. The van der Waals surface area contributed by atoms with E-state index in [0.29, 0.717) is 11.6 Å². The molecule has 4 rings (SSSR count). The maximum atomic E-state index is 12.9. The Hall–Kier alpha value is -1.96. The number of urea groups is 1. The average Bonchev–Trinajstić information content (AvgIpc) is 3.12. The van der Waals surface area contributed by atoms with Crippen molar-refractivity contribution in [2.24, 2.45) is 5.92 Å². The van der Waals surface area contributed by atoms with Crippen molar-refractivity contribution in [2.45, 2.75) is 63.8 Å². The fourth-order valence-corrected chi connectivity index (χ4v) is 5.41. The second-order valence-corrected chi connectivity index (χ2v) is 8.67. The zero-order valence-corrected chi connectivity index (χ0v) is 15.8. The highest BCUT2D eigenvalue weighted by Gasteiger charge is 2.55. The van der Waals surface area contributed by atoms with Crippen LogP contribution < -0.4 is 10.6 Å². The van der Waals surface area contributed by atoms with Crippen LogP contribution in [-0.4, -0.2) is 39.8 Å². The molecule has 26 heavy (non-hydrogen) atoms. The maximum absolute atomic E-state index is 12.9. The SMILES string of the molecule is CC1CCCCC12NC(=O)N(CC(=O)Nc1nc3c(s1)CCCC3)C2=O. The Morgan fingerprint density at radius 3 is 2.88 bits per heavy atom. The van der Waals surface area contributed by atoms with Crippen LogP contribution in [0.4, 0.5) is 9.93 Å². The van der Waals surface area contributed by atoms with Gasteiger partial charge in [0.2, 0.25) is 5.91 Å². The highest BCUT2D eigenvalue weighted by atomic mass is 32.1. The molecule has 3 aliphatic rings. The Bertz CT molecular complexity index is 738. The summed E-state index contributed by atoms with van der Waals surface area (Å²) >= 11 is 1.50. The van der Waals surface area contributed by atoms with Crippen LogP contribution in [0.25, 0.3) is 0 Å². The molecule has 1 spiro atoms. The molecule has 2 atom stereocenters. The molecule has 7 nitrogen and oxygen atoms in total. The number of fused-ring (bicyclic) bond motifs is 1.